The number of benzene rings is 1. The first kappa shape index (κ1) is 17.3. The Morgan fingerprint density at radius 1 is 1.39 bits per heavy atom. The first-order valence-electron chi connectivity index (χ1n) is 7.28. The predicted octanol–water partition coefficient (Wildman–Crippen LogP) is 2.33. The molecule has 1 N–H and O–H groups in total. The van der Waals surface area contributed by atoms with E-state index in [0.717, 1.165) is 0 Å². The molecule has 0 aromatic heterocycles. The highest BCUT2D eigenvalue weighted by molar-refractivity contribution is 6.30. The monoisotopic (exact) mass is 339 g/mol. The maximum Gasteiger partial charge on any atom is 0.305 e. The summed E-state index contributed by atoms with van der Waals surface area (Å²) in [6.07, 6.45) is -0.866. The number of carboxylic acid groups (broad SMARTS) is 1. The number of alkyl halides is 1. The van der Waals surface area contributed by atoms with Crippen molar-refractivity contribution in [2.75, 3.05) is 17.3 Å². The van der Waals surface area contributed by atoms with E-state index in [1.807, 2.05) is 13.8 Å². The van der Waals surface area contributed by atoms with E-state index in [0.29, 0.717) is 17.0 Å². The molecule has 0 radical (unpaired) electrons. The van der Waals surface area contributed by atoms with Gasteiger partial charge >= 0.3 is 5.97 Å². The van der Waals surface area contributed by atoms with Crippen molar-refractivity contribution in [3.05, 3.63) is 23.8 Å². The first-order valence-corrected chi connectivity index (χ1v) is 7.81. The normalized spacial score (nSPS) is 17.0. The second kappa shape index (κ2) is 7.00. The topological polar surface area (TPSA) is 83.9 Å². The van der Waals surface area contributed by atoms with E-state index < -0.39 is 12.1 Å². The zero-order chi connectivity index (χ0) is 17.1. The molecule has 2 rings (SSSR count). The van der Waals surface area contributed by atoms with E-state index in [1.54, 1.807) is 12.1 Å². The highest BCUT2D eigenvalue weighted by atomic mass is 35.5. The van der Waals surface area contributed by atoms with Crippen LogP contribution in [-0.2, 0) is 9.59 Å². The number of ether oxygens (including phenoxy) is 1. The number of halogens is 1. The van der Waals surface area contributed by atoms with Crippen LogP contribution in [0, 0.1) is 5.92 Å². The van der Waals surface area contributed by atoms with Crippen LogP contribution in [0.1, 0.15) is 30.6 Å². The molecular weight excluding hydrogens is 322 g/mol. The summed E-state index contributed by atoms with van der Waals surface area (Å²) in [6, 6.07) is 4.73. The number of fused-ring (bicyclic) bond motifs is 1. The Hall–Kier alpha value is -2.08. The van der Waals surface area contributed by atoms with Gasteiger partial charge in [0.05, 0.1) is 18.0 Å². The molecule has 1 aliphatic rings. The van der Waals surface area contributed by atoms with Crippen molar-refractivity contribution >= 4 is 34.9 Å². The number of rotatable bonds is 6. The number of ketones is 1. The molecule has 1 amide bonds. The minimum absolute atomic E-state index is 0.0201. The molecular formula is C16H18ClNO5. The van der Waals surface area contributed by atoms with Crippen molar-refractivity contribution in [3.8, 4) is 5.75 Å². The van der Waals surface area contributed by atoms with Gasteiger partial charge in [-0.2, -0.15) is 0 Å². The third-order valence-corrected chi connectivity index (χ3v) is 3.85. The molecule has 1 aromatic rings. The number of carbonyl (C=O) groups excluding carboxylic acids is 2. The van der Waals surface area contributed by atoms with Crippen LogP contribution < -0.4 is 9.64 Å². The summed E-state index contributed by atoms with van der Waals surface area (Å²) in [4.78, 5) is 36.6. The Morgan fingerprint density at radius 2 is 2.09 bits per heavy atom. The zero-order valence-electron chi connectivity index (χ0n) is 12.9. The van der Waals surface area contributed by atoms with Gasteiger partial charge in [0.25, 0.3) is 5.91 Å². The minimum Gasteiger partial charge on any atom is -0.481 e. The Kier molecular flexibility index (Phi) is 5.26. The molecule has 1 heterocycles. The molecule has 1 atom stereocenters. The van der Waals surface area contributed by atoms with Crippen molar-refractivity contribution in [1.82, 2.24) is 0 Å². The fourth-order valence-electron chi connectivity index (χ4n) is 2.40. The van der Waals surface area contributed by atoms with Gasteiger partial charge in [0.2, 0.25) is 0 Å². The molecule has 0 saturated heterocycles. The maximum absolute atomic E-state index is 12.6. The molecule has 23 heavy (non-hydrogen) atoms. The molecule has 124 valence electrons. The lowest BCUT2D eigenvalue weighted by Crippen LogP contribution is -2.49. The van der Waals surface area contributed by atoms with Gasteiger partial charge in [-0.3, -0.25) is 14.4 Å². The van der Waals surface area contributed by atoms with Crippen LogP contribution in [0.2, 0.25) is 0 Å². The smallest absolute Gasteiger partial charge is 0.305 e. The molecule has 0 aliphatic carbocycles. The van der Waals surface area contributed by atoms with Gasteiger partial charge in [0, 0.05) is 12.1 Å². The van der Waals surface area contributed by atoms with Crippen LogP contribution in [0.5, 0.6) is 5.75 Å². The fraction of sp³-hybridized carbons (Fsp3) is 0.438. The average molecular weight is 340 g/mol. The Balaban J connectivity index is 2.43. The highest BCUT2D eigenvalue weighted by Gasteiger charge is 2.36. The maximum atomic E-state index is 12.6. The van der Waals surface area contributed by atoms with Crippen LogP contribution in [0.3, 0.4) is 0 Å². The van der Waals surface area contributed by atoms with Crippen LogP contribution in [-0.4, -0.2) is 41.3 Å². The molecule has 1 aromatic carbocycles. The van der Waals surface area contributed by atoms with Gasteiger partial charge in [0.1, 0.15) is 5.75 Å². The number of aliphatic carboxylic acids is 1. The number of hydrogen-bond acceptors (Lipinski definition) is 4. The van der Waals surface area contributed by atoms with Crippen molar-refractivity contribution < 1.29 is 24.2 Å². The van der Waals surface area contributed by atoms with E-state index in [2.05, 4.69) is 0 Å². The number of nitrogens with zero attached hydrogens (tertiary/aromatic N) is 1. The van der Waals surface area contributed by atoms with Crippen molar-refractivity contribution in [3.63, 3.8) is 0 Å². The van der Waals surface area contributed by atoms with Crippen LogP contribution in [0.25, 0.3) is 0 Å². The van der Waals surface area contributed by atoms with Gasteiger partial charge in [-0.25, -0.2) is 0 Å². The van der Waals surface area contributed by atoms with Crippen molar-refractivity contribution in [2.24, 2.45) is 5.92 Å². The van der Waals surface area contributed by atoms with Gasteiger partial charge in [-0.1, -0.05) is 13.8 Å². The fourth-order valence-corrected chi connectivity index (χ4v) is 2.55. The summed E-state index contributed by atoms with van der Waals surface area (Å²) in [6.45, 7) is 3.73. The third kappa shape index (κ3) is 3.64. The number of Topliss-reactive ketones (excluding diaryl/α,β-unsaturated/α-hetero) is 1. The Bertz CT molecular complexity index is 643. The molecule has 1 unspecified atom stereocenters. The lowest BCUT2D eigenvalue weighted by atomic mass is 10.0. The molecule has 1 aliphatic heterocycles. The Labute approximate surface area is 139 Å². The predicted molar refractivity (Wildman–Crippen MR) is 85.4 cm³/mol. The van der Waals surface area contributed by atoms with Gasteiger partial charge in [-0.05, 0) is 24.1 Å². The van der Waals surface area contributed by atoms with Gasteiger partial charge < -0.3 is 14.7 Å². The first-order chi connectivity index (χ1) is 10.8. The molecule has 0 spiro atoms. The summed E-state index contributed by atoms with van der Waals surface area (Å²) in [7, 11) is 0. The standard InChI is InChI=1S/C16H18ClNO5/c1-9(2)15-16(22)18(6-5-14(20)21)11-7-10(12(19)8-17)3-4-13(11)23-15/h3-4,7,9,15H,5-6,8H2,1-2H3,(H,20,21). The summed E-state index contributed by atoms with van der Waals surface area (Å²) in [5.74, 6) is -1.35. The minimum atomic E-state index is -1.00. The number of amides is 1. The molecule has 0 bridgehead atoms. The van der Waals surface area contributed by atoms with Gasteiger partial charge in [0.15, 0.2) is 11.9 Å². The van der Waals surface area contributed by atoms with E-state index in [4.69, 9.17) is 21.4 Å². The van der Waals surface area contributed by atoms with Gasteiger partial charge in [-0.15, -0.1) is 11.6 Å². The number of hydrogen-bond donors (Lipinski definition) is 1. The number of carboxylic acids is 1. The van der Waals surface area contributed by atoms with E-state index in [1.165, 1.54) is 11.0 Å². The molecule has 6 nitrogen and oxygen atoms in total. The SMILES string of the molecule is CC(C)C1Oc2ccc(C(=O)CCl)cc2N(CCC(=O)O)C1=O. The largest absolute Gasteiger partial charge is 0.481 e. The second-order valence-electron chi connectivity index (χ2n) is 5.66. The average Bonchev–Trinajstić information content (AvgIpc) is 2.51. The lowest BCUT2D eigenvalue weighted by Gasteiger charge is -2.36. The Morgan fingerprint density at radius 3 is 2.65 bits per heavy atom. The third-order valence-electron chi connectivity index (χ3n) is 3.61. The molecule has 0 fully saturated rings. The van der Waals surface area contributed by atoms with E-state index >= 15 is 0 Å². The van der Waals surface area contributed by atoms with Crippen molar-refractivity contribution in [1.29, 1.82) is 0 Å². The van der Waals surface area contributed by atoms with Crippen LogP contribution in [0.15, 0.2) is 18.2 Å². The summed E-state index contributed by atoms with van der Waals surface area (Å²) < 4.78 is 5.73. The summed E-state index contributed by atoms with van der Waals surface area (Å²) in [5, 5.41) is 8.89. The highest BCUT2D eigenvalue weighted by Crippen LogP contribution is 2.36. The molecule has 7 heteroatoms. The summed E-state index contributed by atoms with van der Waals surface area (Å²) in [5.41, 5.74) is 0.766. The summed E-state index contributed by atoms with van der Waals surface area (Å²) >= 11 is 5.56. The second-order valence-corrected chi connectivity index (χ2v) is 5.92. The lowest BCUT2D eigenvalue weighted by molar-refractivity contribution is -0.136. The number of anilines is 1. The van der Waals surface area contributed by atoms with E-state index in [9.17, 15) is 14.4 Å². The van der Waals surface area contributed by atoms with Crippen molar-refractivity contribution in [2.45, 2.75) is 26.4 Å². The van der Waals surface area contributed by atoms with Crippen LogP contribution >= 0.6 is 11.6 Å². The number of carbonyl (C=O) groups is 3. The van der Waals surface area contributed by atoms with Crippen LogP contribution in [0.4, 0.5) is 5.69 Å². The quantitative estimate of drug-likeness (QED) is 0.635. The van der Waals surface area contributed by atoms with E-state index in [-0.39, 0.29) is 36.5 Å². The zero-order valence-corrected chi connectivity index (χ0v) is 13.7. The molecule has 0 saturated carbocycles.